The van der Waals surface area contributed by atoms with Gasteiger partial charge in [0.2, 0.25) is 0 Å². The van der Waals surface area contributed by atoms with Crippen LogP contribution in [0.3, 0.4) is 0 Å². The third kappa shape index (κ3) is 3.54. The van der Waals surface area contributed by atoms with Crippen LogP contribution >= 0.6 is 22.0 Å². The summed E-state index contributed by atoms with van der Waals surface area (Å²) in [6.07, 6.45) is 2.49. The maximum absolute atomic E-state index is 12.4. The van der Waals surface area contributed by atoms with Crippen molar-refractivity contribution in [1.82, 2.24) is 5.32 Å². The van der Waals surface area contributed by atoms with Gasteiger partial charge in [0.15, 0.2) is 0 Å². The van der Waals surface area contributed by atoms with Gasteiger partial charge >= 0.3 is 0 Å². The SMILES string of the molecule is CCC(CC)(CC)NC(=O)c1csc(S(=O)(=O)Cl)c1C. The molecule has 114 valence electrons. The Morgan fingerprint density at radius 3 is 2.15 bits per heavy atom. The van der Waals surface area contributed by atoms with Crippen molar-refractivity contribution in [3.8, 4) is 0 Å². The molecule has 7 heteroatoms. The Balaban J connectivity index is 3.09. The minimum atomic E-state index is -3.80. The molecule has 0 aliphatic rings. The van der Waals surface area contributed by atoms with Crippen molar-refractivity contribution in [3.63, 3.8) is 0 Å². The minimum absolute atomic E-state index is 0.0411. The van der Waals surface area contributed by atoms with E-state index in [1.54, 1.807) is 12.3 Å². The Labute approximate surface area is 129 Å². The lowest BCUT2D eigenvalue weighted by Gasteiger charge is -2.31. The van der Waals surface area contributed by atoms with Gasteiger partial charge in [-0.2, -0.15) is 0 Å². The second-order valence-corrected chi connectivity index (χ2v) is 8.44. The molecule has 0 spiro atoms. The summed E-state index contributed by atoms with van der Waals surface area (Å²) in [6, 6.07) is 0. The molecular weight excluding hydrogens is 318 g/mol. The van der Waals surface area contributed by atoms with Crippen molar-refractivity contribution in [2.45, 2.75) is 56.7 Å². The van der Waals surface area contributed by atoms with Gasteiger partial charge in [-0.05, 0) is 31.7 Å². The second-order valence-electron chi connectivity index (χ2n) is 4.79. The zero-order chi connectivity index (χ0) is 15.6. The number of carbonyl (C=O) groups is 1. The largest absolute Gasteiger partial charge is 0.347 e. The van der Waals surface area contributed by atoms with Crippen LogP contribution in [-0.4, -0.2) is 19.9 Å². The topological polar surface area (TPSA) is 63.2 Å². The quantitative estimate of drug-likeness (QED) is 0.805. The number of amides is 1. The third-order valence-corrected chi connectivity index (χ3v) is 7.18. The first-order valence-electron chi connectivity index (χ1n) is 6.56. The first kappa shape index (κ1) is 17.5. The Morgan fingerprint density at radius 1 is 1.30 bits per heavy atom. The molecule has 0 aromatic carbocycles. The van der Waals surface area contributed by atoms with Crippen molar-refractivity contribution in [1.29, 1.82) is 0 Å². The smallest absolute Gasteiger partial charge is 0.271 e. The monoisotopic (exact) mass is 337 g/mol. The van der Waals surface area contributed by atoms with Crippen LogP contribution in [-0.2, 0) is 9.05 Å². The molecule has 0 atom stereocenters. The van der Waals surface area contributed by atoms with Crippen LogP contribution in [0.5, 0.6) is 0 Å². The molecule has 1 aromatic heterocycles. The van der Waals surface area contributed by atoms with Crippen molar-refractivity contribution in [2.75, 3.05) is 0 Å². The molecule has 0 aliphatic heterocycles. The van der Waals surface area contributed by atoms with Crippen molar-refractivity contribution in [2.24, 2.45) is 0 Å². The lowest BCUT2D eigenvalue weighted by atomic mass is 9.89. The van der Waals surface area contributed by atoms with Crippen LogP contribution in [0.25, 0.3) is 0 Å². The van der Waals surface area contributed by atoms with E-state index in [0.717, 1.165) is 30.6 Å². The summed E-state index contributed by atoms with van der Waals surface area (Å²) in [4.78, 5) is 12.4. The number of halogens is 1. The summed E-state index contributed by atoms with van der Waals surface area (Å²) in [7, 11) is 1.55. The molecule has 1 rings (SSSR count). The summed E-state index contributed by atoms with van der Waals surface area (Å²) in [5.41, 5.74) is 0.555. The lowest BCUT2D eigenvalue weighted by molar-refractivity contribution is 0.0888. The lowest BCUT2D eigenvalue weighted by Crippen LogP contribution is -2.47. The fourth-order valence-corrected chi connectivity index (χ4v) is 4.74. The van der Waals surface area contributed by atoms with Gasteiger partial charge < -0.3 is 5.32 Å². The van der Waals surface area contributed by atoms with E-state index in [2.05, 4.69) is 5.32 Å². The standard InChI is InChI=1S/C13H20ClNO3S2/c1-5-13(6-2,7-3)15-11(16)10-8-19-12(9(10)4)20(14,17)18/h8H,5-7H2,1-4H3,(H,15,16). The molecule has 0 aliphatic carbocycles. The molecule has 0 unspecified atom stereocenters. The Bertz CT molecular complexity index is 580. The molecule has 1 amide bonds. The molecule has 0 bridgehead atoms. The normalized spacial score (nSPS) is 12.4. The molecule has 1 heterocycles. The van der Waals surface area contributed by atoms with Gasteiger partial charge in [0.05, 0.1) is 5.56 Å². The number of thiophene rings is 1. The predicted octanol–water partition coefficient (Wildman–Crippen LogP) is 3.68. The number of carbonyl (C=O) groups excluding carboxylic acids is 1. The number of hydrogen-bond acceptors (Lipinski definition) is 4. The highest BCUT2D eigenvalue weighted by Crippen LogP contribution is 2.30. The highest BCUT2D eigenvalue weighted by atomic mass is 35.7. The summed E-state index contributed by atoms with van der Waals surface area (Å²) in [5.74, 6) is -0.240. The zero-order valence-electron chi connectivity index (χ0n) is 12.1. The number of hydrogen-bond donors (Lipinski definition) is 1. The summed E-state index contributed by atoms with van der Waals surface area (Å²) in [5, 5.41) is 4.58. The summed E-state index contributed by atoms with van der Waals surface area (Å²) in [6.45, 7) is 7.69. The van der Waals surface area contributed by atoms with Gasteiger partial charge in [-0.3, -0.25) is 4.79 Å². The van der Waals surface area contributed by atoms with Crippen LogP contribution < -0.4 is 5.32 Å². The van der Waals surface area contributed by atoms with E-state index in [9.17, 15) is 13.2 Å². The van der Waals surface area contributed by atoms with Crippen LogP contribution in [0.15, 0.2) is 9.59 Å². The highest BCUT2D eigenvalue weighted by Gasteiger charge is 2.29. The summed E-state index contributed by atoms with van der Waals surface area (Å²) >= 11 is 0.979. The van der Waals surface area contributed by atoms with Crippen molar-refractivity contribution < 1.29 is 13.2 Å². The first-order valence-corrected chi connectivity index (χ1v) is 9.75. The van der Waals surface area contributed by atoms with Crippen molar-refractivity contribution in [3.05, 3.63) is 16.5 Å². The Kier molecular flexibility index (Phi) is 5.63. The predicted molar refractivity (Wildman–Crippen MR) is 83.2 cm³/mol. The van der Waals surface area contributed by atoms with Gasteiger partial charge in [-0.25, -0.2) is 8.42 Å². The molecule has 20 heavy (non-hydrogen) atoms. The number of nitrogens with one attached hydrogen (secondary N) is 1. The third-order valence-electron chi connectivity index (χ3n) is 3.87. The number of rotatable bonds is 6. The average molecular weight is 338 g/mol. The van der Waals surface area contributed by atoms with E-state index < -0.39 is 9.05 Å². The molecule has 0 radical (unpaired) electrons. The molecule has 0 saturated heterocycles. The average Bonchev–Trinajstić information content (AvgIpc) is 2.78. The van der Waals surface area contributed by atoms with Crippen molar-refractivity contribution >= 4 is 37.0 Å². The van der Waals surface area contributed by atoms with Gasteiger partial charge in [0.25, 0.3) is 15.0 Å². The van der Waals surface area contributed by atoms with Gasteiger partial charge in [-0.15, -0.1) is 11.3 Å². The van der Waals surface area contributed by atoms with Gasteiger partial charge in [0.1, 0.15) is 4.21 Å². The van der Waals surface area contributed by atoms with E-state index in [0.29, 0.717) is 11.1 Å². The van der Waals surface area contributed by atoms with E-state index in [1.807, 2.05) is 20.8 Å². The van der Waals surface area contributed by atoms with E-state index >= 15 is 0 Å². The van der Waals surface area contributed by atoms with Crippen LogP contribution in [0.4, 0.5) is 0 Å². The zero-order valence-corrected chi connectivity index (χ0v) is 14.5. The fraction of sp³-hybridized carbons (Fsp3) is 0.615. The maximum Gasteiger partial charge on any atom is 0.271 e. The second kappa shape index (κ2) is 6.45. The Morgan fingerprint density at radius 2 is 1.80 bits per heavy atom. The van der Waals surface area contributed by atoms with E-state index in [1.165, 1.54) is 0 Å². The Hall–Kier alpha value is -0.590. The molecular formula is C13H20ClNO3S2. The molecule has 1 aromatic rings. The minimum Gasteiger partial charge on any atom is -0.347 e. The highest BCUT2D eigenvalue weighted by molar-refractivity contribution is 8.15. The maximum atomic E-state index is 12.4. The molecule has 0 fully saturated rings. The van der Waals surface area contributed by atoms with Crippen LogP contribution in [0.2, 0.25) is 0 Å². The first-order chi connectivity index (χ1) is 9.20. The van der Waals surface area contributed by atoms with E-state index in [4.69, 9.17) is 10.7 Å². The fourth-order valence-electron chi connectivity index (χ4n) is 2.19. The van der Waals surface area contributed by atoms with Crippen LogP contribution in [0, 0.1) is 6.92 Å². The van der Waals surface area contributed by atoms with E-state index in [-0.39, 0.29) is 15.7 Å². The molecule has 0 saturated carbocycles. The van der Waals surface area contributed by atoms with Crippen LogP contribution in [0.1, 0.15) is 56.0 Å². The summed E-state index contributed by atoms with van der Waals surface area (Å²) < 4.78 is 22.8. The van der Waals surface area contributed by atoms with Gasteiger partial charge in [-0.1, -0.05) is 20.8 Å². The molecule has 4 nitrogen and oxygen atoms in total. The van der Waals surface area contributed by atoms with Gasteiger partial charge in [0, 0.05) is 21.6 Å². The molecule has 1 N–H and O–H groups in total.